The maximum absolute atomic E-state index is 14.0. The standard InChI is InChI=1S/C32H34FNO2/c1-5-6-7-24-8-10-25(11-9-24)12-13-26-14-16-27(17-15-26)23-34(21-20-32(2,3)4)28-18-19-30(33)29(22-28)31(35)36/h8-11,14-22H,5-7,23H2,1-4H3,(H,35,36). The smallest absolute Gasteiger partial charge is 0.338 e. The van der Waals surface area contributed by atoms with Gasteiger partial charge in [-0.1, -0.05) is 76.3 Å². The van der Waals surface area contributed by atoms with Gasteiger partial charge in [-0.3, -0.25) is 0 Å². The molecule has 0 aliphatic heterocycles. The molecule has 0 radical (unpaired) electrons. The second-order valence-electron chi connectivity index (χ2n) is 10.0. The summed E-state index contributed by atoms with van der Waals surface area (Å²) < 4.78 is 14.0. The highest BCUT2D eigenvalue weighted by atomic mass is 19.1. The maximum atomic E-state index is 14.0. The second kappa shape index (κ2) is 12.2. The molecule has 0 bridgehead atoms. The van der Waals surface area contributed by atoms with Gasteiger partial charge in [-0.15, -0.1) is 0 Å². The van der Waals surface area contributed by atoms with Gasteiger partial charge in [-0.05, 0) is 71.8 Å². The van der Waals surface area contributed by atoms with Crippen molar-refractivity contribution in [3.8, 4) is 11.8 Å². The van der Waals surface area contributed by atoms with Gasteiger partial charge in [0.05, 0.1) is 5.56 Å². The highest BCUT2D eigenvalue weighted by molar-refractivity contribution is 5.89. The van der Waals surface area contributed by atoms with Crippen LogP contribution in [-0.2, 0) is 13.0 Å². The van der Waals surface area contributed by atoms with E-state index in [0.717, 1.165) is 23.1 Å². The van der Waals surface area contributed by atoms with Crippen LogP contribution in [-0.4, -0.2) is 11.1 Å². The minimum atomic E-state index is -1.28. The van der Waals surface area contributed by atoms with Crippen molar-refractivity contribution in [3.05, 3.63) is 113 Å². The van der Waals surface area contributed by atoms with Crippen LogP contribution in [0, 0.1) is 23.1 Å². The molecule has 0 fully saturated rings. The molecule has 0 atom stereocenters. The fourth-order valence-corrected chi connectivity index (χ4v) is 3.57. The molecule has 0 heterocycles. The first-order valence-corrected chi connectivity index (χ1v) is 12.3. The molecule has 1 N–H and O–H groups in total. The molecule has 0 amide bonds. The van der Waals surface area contributed by atoms with Gasteiger partial charge in [0.25, 0.3) is 0 Å². The molecule has 4 heteroatoms. The van der Waals surface area contributed by atoms with Crippen LogP contribution >= 0.6 is 0 Å². The van der Waals surface area contributed by atoms with E-state index < -0.39 is 11.8 Å². The summed E-state index contributed by atoms with van der Waals surface area (Å²) in [4.78, 5) is 13.4. The lowest BCUT2D eigenvalue weighted by atomic mass is 9.97. The zero-order valence-corrected chi connectivity index (χ0v) is 21.5. The molecule has 0 unspecified atom stereocenters. The van der Waals surface area contributed by atoms with Crippen molar-refractivity contribution in [1.29, 1.82) is 0 Å². The summed E-state index contributed by atoms with van der Waals surface area (Å²) in [7, 11) is 0. The van der Waals surface area contributed by atoms with Crippen molar-refractivity contribution in [2.45, 2.75) is 53.5 Å². The van der Waals surface area contributed by atoms with Gasteiger partial charge >= 0.3 is 5.97 Å². The van der Waals surface area contributed by atoms with E-state index in [4.69, 9.17) is 0 Å². The third-order valence-corrected chi connectivity index (χ3v) is 5.70. The number of benzene rings is 3. The van der Waals surface area contributed by atoms with Crippen LogP contribution in [0.25, 0.3) is 0 Å². The predicted octanol–water partition coefficient (Wildman–Crippen LogP) is 7.83. The highest BCUT2D eigenvalue weighted by Gasteiger charge is 2.15. The van der Waals surface area contributed by atoms with Crippen LogP contribution in [0.3, 0.4) is 0 Å². The fraction of sp³-hybridized carbons (Fsp3) is 0.281. The van der Waals surface area contributed by atoms with Gasteiger partial charge in [0.15, 0.2) is 0 Å². The van der Waals surface area contributed by atoms with Crippen LogP contribution in [0.4, 0.5) is 10.1 Å². The molecule has 0 spiro atoms. The number of halogens is 1. The summed E-state index contributed by atoms with van der Waals surface area (Å²) in [5.74, 6) is 4.42. The fourth-order valence-electron chi connectivity index (χ4n) is 3.57. The average Bonchev–Trinajstić information content (AvgIpc) is 2.85. The Morgan fingerprint density at radius 1 is 0.944 bits per heavy atom. The molecule has 0 saturated heterocycles. The minimum absolute atomic E-state index is 0.0679. The summed E-state index contributed by atoms with van der Waals surface area (Å²) in [6.07, 6.45) is 7.46. The van der Waals surface area contributed by atoms with E-state index in [1.165, 1.54) is 30.5 Å². The van der Waals surface area contributed by atoms with E-state index in [0.29, 0.717) is 12.2 Å². The summed E-state index contributed by atoms with van der Waals surface area (Å²) in [5, 5.41) is 9.34. The SMILES string of the molecule is CCCCc1ccc(C#Cc2ccc(CN(C=CC(C)(C)C)c3ccc(F)c(C(=O)O)c3)cc2)cc1. The zero-order valence-electron chi connectivity index (χ0n) is 21.5. The Bertz CT molecular complexity index is 1260. The van der Waals surface area contributed by atoms with E-state index in [1.54, 1.807) is 6.07 Å². The van der Waals surface area contributed by atoms with E-state index in [-0.39, 0.29) is 11.0 Å². The third kappa shape index (κ3) is 8.13. The van der Waals surface area contributed by atoms with Crippen molar-refractivity contribution in [2.75, 3.05) is 4.90 Å². The Balaban J connectivity index is 1.78. The van der Waals surface area contributed by atoms with Gasteiger partial charge < -0.3 is 10.0 Å². The number of anilines is 1. The van der Waals surface area contributed by atoms with E-state index >= 15 is 0 Å². The Kier molecular flexibility index (Phi) is 9.08. The Labute approximate surface area is 214 Å². The zero-order chi connectivity index (χ0) is 26.1. The van der Waals surface area contributed by atoms with Gasteiger partial charge in [0.1, 0.15) is 5.82 Å². The highest BCUT2D eigenvalue weighted by Crippen LogP contribution is 2.24. The first-order valence-electron chi connectivity index (χ1n) is 12.3. The maximum Gasteiger partial charge on any atom is 0.338 e. The first-order chi connectivity index (χ1) is 17.1. The van der Waals surface area contributed by atoms with Crippen molar-refractivity contribution in [1.82, 2.24) is 0 Å². The Morgan fingerprint density at radius 2 is 1.53 bits per heavy atom. The van der Waals surface area contributed by atoms with E-state index in [1.807, 2.05) is 41.4 Å². The van der Waals surface area contributed by atoms with Crippen molar-refractivity contribution in [3.63, 3.8) is 0 Å². The molecule has 0 aliphatic carbocycles. The number of aromatic carboxylic acids is 1. The molecule has 3 aromatic carbocycles. The number of carboxylic acid groups (broad SMARTS) is 1. The first kappa shape index (κ1) is 26.8. The number of unbranched alkanes of at least 4 members (excludes halogenated alkanes) is 1. The third-order valence-electron chi connectivity index (χ3n) is 5.70. The number of hydrogen-bond donors (Lipinski definition) is 1. The molecular formula is C32H34FNO2. The van der Waals surface area contributed by atoms with Gasteiger partial charge in [0.2, 0.25) is 0 Å². The number of carbonyl (C=O) groups is 1. The summed E-state index contributed by atoms with van der Waals surface area (Å²) in [6, 6.07) is 20.6. The van der Waals surface area contributed by atoms with Crippen LogP contribution in [0.15, 0.2) is 79.0 Å². The number of aryl methyl sites for hydroxylation is 1. The quantitative estimate of drug-likeness (QED) is 0.332. The number of carboxylic acids is 1. The minimum Gasteiger partial charge on any atom is -0.478 e. The van der Waals surface area contributed by atoms with Gasteiger partial charge in [-0.25, -0.2) is 9.18 Å². The Hall–Kier alpha value is -3.84. The number of nitrogens with zero attached hydrogens (tertiary/aromatic N) is 1. The normalized spacial score (nSPS) is 11.2. The molecule has 0 saturated carbocycles. The van der Waals surface area contributed by atoms with Crippen LogP contribution in [0.2, 0.25) is 0 Å². The van der Waals surface area contributed by atoms with Gasteiger partial charge in [-0.2, -0.15) is 0 Å². The van der Waals surface area contributed by atoms with E-state index in [2.05, 4.69) is 63.8 Å². The van der Waals surface area contributed by atoms with Crippen LogP contribution in [0.1, 0.15) is 73.1 Å². The molecule has 3 nitrogen and oxygen atoms in total. The number of hydrogen-bond acceptors (Lipinski definition) is 2. The lowest BCUT2D eigenvalue weighted by Crippen LogP contribution is -2.17. The predicted molar refractivity (Wildman–Crippen MR) is 146 cm³/mol. The molecular weight excluding hydrogens is 449 g/mol. The molecule has 186 valence electrons. The molecule has 0 aliphatic rings. The lowest BCUT2D eigenvalue weighted by molar-refractivity contribution is 0.0692. The molecule has 0 aromatic heterocycles. The van der Waals surface area contributed by atoms with Crippen molar-refractivity contribution >= 4 is 11.7 Å². The van der Waals surface area contributed by atoms with Crippen molar-refractivity contribution in [2.24, 2.45) is 5.41 Å². The summed E-state index contributed by atoms with van der Waals surface area (Å²) in [5.41, 5.74) is 4.48. The summed E-state index contributed by atoms with van der Waals surface area (Å²) >= 11 is 0. The summed E-state index contributed by atoms with van der Waals surface area (Å²) in [6.45, 7) is 8.96. The average molecular weight is 484 g/mol. The Morgan fingerprint density at radius 3 is 2.06 bits per heavy atom. The van der Waals surface area contributed by atoms with Gasteiger partial charge in [0, 0.05) is 29.6 Å². The topological polar surface area (TPSA) is 40.5 Å². The second-order valence-corrected chi connectivity index (χ2v) is 10.0. The van der Waals surface area contributed by atoms with E-state index in [9.17, 15) is 14.3 Å². The molecule has 36 heavy (non-hydrogen) atoms. The molecule has 3 rings (SSSR count). The lowest BCUT2D eigenvalue weighted by Gasteiger charge is -2.23. The van der Waals surface area contributed by atoms with Crippen molar-refractivity contribution < 1.29 is 14.3 Å². The number of allylic oxidation sites excluding steroid dienone is 1. The number of rotatable bonds is 8. The largest absolute Gasteiger partial charge is 0.478 e. The van der Waals surface area contributed by atoms with Crippen LogP contribution in [0.5, 0.6) is 0 Å². The monoisotopic (exact) mass is 483 g/mol. The molecule has 3 aromatic rings. The van der Waals surface area contributed by atoms with Crippen LogP contribution < -0.4 is 4.90 Å².